The van der Waals surface area contributed by atoms with Gasteiger partial charge in [-0.25, -0.2) is 14.8 Å². The Hall–Kier alpha value is -4.14. The highest BCUT2D eigenvalue weighted by atomic mass is 16.5. The summed E-state index contributed by atoms with van der Waals surface area (Å²) in [5.41, 5.74) is 1.14. The van der Waals surface area contributed by atoms with Gasteiger partial charge in [-0.3, -0.25) is 5.32 Å². The zero-order valence-electron chi connectivity index (χ0n) is 18.2. The van der Waals surface area contributed by atoms with Crippen molar-refractivity contribution < 1.29 is 18.8 Å². The molecule has 2 heterocycles. The molecule has 4 aromatic rings. The molecule has 0 fully saturated rings. The van der Waals surface area contributed by atoms with Crippen LogP contribution in [0.2, 0.25) is 0 Å². The summed E-state index contributed by atoms with van der Waals surface area (Å²) in [5.74, 6) is 2.69. The van der Waals surface area contributed by atoms with Crippen LogP contribution < -0.4 is 20.1 Å². The van der Waals surface area contributed by atoms with E-state index in [1.165, 1.54) is 6.33 Å². The first-order valence-electron chi connectivity index (χ1n) is 9.94. The summed E-state index contributed by atoms with van der Waals surface area (Å²) in [7, 11) is 1.60. The maximum atomic E-state index is 12.3. The minimum atomic E-state index is -0.429. The Kier molecular flexibility index (Phi) is 5.63. The summed E-state index contributed by atoms with van der Waals surface area (Å²) in [6.45, 7) is 6.01. The van der Waals surface area contributed by atoms with E-state index in [4.69, 9.17) is 14.0 Å². The number of aromatic nitrogens is 3. The number of nitrogens with zero attached hydrogens (tertiary/aromatic N) is 3. The molecule has 0 atom stereocenters. The van der Waals surface area contributed by atoms with E-state index in [0.29, 0.717) is 34.6 Å². The molecule has 2 aromatic heterocycles. The molecule has 9 nitrogen and oxygen atoms in total. The van der Waals surface area contributed by atoms with Crippen LogP contribution in [0.4, 0.5) is 16.3 Å². The molecule has 0 unspecified atom stereocenters. The molecule has 0 spiro atoms. The lowest BCUT2D eigenvalue weighted by Crippen LogP contribution is -2.19. The third kappa shape index (κ3) is 4.77. The fourth-order valence-electron chi connectivity index (χ4n) is 2.90. The maximum absolute atomic E-state index is 12.3. The Morgan fingerprint density at radius 1 is 0.969 bits per heavy atom. The van der Waals surface area contributed by atoms with Gasteiger partial charge in [-0.15, -0.1) is 0 Å². The predicted octanol–water partition coefficient (Wildman–Crippen LogP) is 5.36. The standard InChI is InChI=1S/C23H23N5O4/c1-23(2,3)19-12-20(28-32-19)27-22(29)26-14-5-7-15(8-6-14)31-21-17-11-16(30-4)9-10-18(17)24-13-25-21/h5-13H,1-4H3,(H2,26,27,28,29). The molecule has 2 amide bonds. The molecule has 32 heavy (non-hydrogen) atoms. The van der Waals surface area contributed by atoms with E-state index < -0.39 is 6.03 Å². The van der Waals surface area contributed by atoms with Crippen LogP contribution in [0.15, 0.2) is 59.4 Å². The molecule has 164 valence electrons. The summed E-state index contributed by atoms with van der Waals surface area (Å²) >= 11 is 0. The molecule has 0 radical (unpaired) electrons. The molecule has 0 aliphatic heterocycles. The molecule has 2 N–H and O–H groups in total. The van der Waals surface area contributed by atoms with Crippen molar-refractivity contribution in [2.24, 2.45) is 0 Å². The van der Waals surface area contributed by atoms with Crippen molar-refractivity contribution in [1.29, 1.82) is 0 Å². The first kappa shape index (κ1) is 21.1. The highest BCUT2D eigenvalue weighted by Gasteiger charge is 2.20. The second kappa shape index (κ2) is 8.54. The number of rotatable bonds is 5. The number of hydrogen-bond donors (Lipinski definition) is 2. The van der Waals surface area contributed by atoms with Crippen molar-refractivity contribution >= 4 is 28.4 Å². The second-order valence-corrected chi connectivity index (χ2v) is 8.09. The highest BCUT2D eigenvalue weighted by Crippen LogP contribution is 2.30. The van der Waals surface area contributed by atoms with Crippen molar-refractivity contribution in [2.45, 2.75) is 26.2 Å². The number of carbonyl (C=O) groups excluding carboxylic acids is 1. The number of urea groups is 1. The van der Waals surface area contributed by atoms with Gasteiger partial charge in [-0.2, -0.15) is 0 Å². The molecule has 9 heteroatoms. The number of amides is 2. The summed E-state index contributed by atoms with van der Waals surface area (Å²) in [6.07, 6.45) is 1.44. The number of carbonyl (C=O) groups is 1. The Labute approximate surface area is 184 Å². The van der Waals surface area contributed by atoms with E-state index >= 15 is 0 Å². The fraction of sp³-hybridized carbons (Fsp3) is 0.217. The van der Waals surface area contributed by atoms with E-state index in [1.807, 2.05) is 39.0 Å². The van der Waals surface area contributed by atoms with Crippen LogP contribution >= 0.6 is 0 Å². The average molecular weight is 433 g/mol. The number of nitrogens with one attached hydrogen (secondary N) is 2. The quantitative estimate of drug-likeness (QED) is 0.436. The minimum Gasteiger partial charge on any atom is -0.497 e. The van der Waals surface area contributed by atoms with Gasteiger partial charge in [0.2, 0.25) is 5.88 Å². The van der Waals surface area contributed by atoms with Crippen molar-refractivity contribution in [3.8, 4) is 17.4 Å². The lowest BCUT2D eigenvalue weighted by Gasteiger charge is -2.12. The number of fused-ring (bicyclic) bond motifs is 1. The molecular weight excluding hydrogens is 410 g/mol. The van der Waals surface area contributed by atoms with Crippen LogP contribution in [-0.4, -0.2) is 28.3 Å². The Morgan fingerprint density at radius 2 is 1.72 bits per heavy atom. The molecule has 0 bridgehead atoms. The summed E-state index contributed by atoms with van der Waals surface area (Å²) < 4.78 is 16.5. The van der Waals surface area contributed by atoms with Gasteiger partial charge in [0.05, 0.1) is 18.0 Å². The van der Waals surface area contributed by atoms with Crippen LogP contribution in [0.5, 0.6) is 17.4 Å². The molecule has 0 aliphatic rings. The number of methoxy groups -OCH3 is 1. The van der Waals surface area contributed by atoms with Crippen molar-refractivity contribution in [3.05, 3.63) is 60.6 Å². The smallest absolute Gasteiger partial charge is 0.324 e. The summed E-state index contributed by atoms with van der Waals surface area (Å²) in [6, 6.07) is 13.7. The van der Waals surface area contributed by atoms with E-state index in [1.54, 1.807) is 37.4 Å². The van der Waals surface area contributed by atoms with E-state index in [9.17, 15) is 4.79 Å². The van der Waals surface area contributed by atoms with Gasteiger partial charge in [-0.1, -0.05) is 25.9 Å². The number of benzene rings is 2. The molecule has 0 saturated carbocycles. The van der Waals surface area contributed by atoms with Gasteiger partial charge in [0, 0.05) is 17.2 Å². The van der Waals surface area contributed by atoms with Gasteiger partial charge in [0.1, 0.15) is 23.6 Å². The lowest BCUT2D eigenvalue weighted by molar-refractivity contribution is 0.262. The lowest BCUT2D eigenvalue weighted by atomic mass is 9.93. The SMILES string of the molecule is COc1ccc2ncnc(Oc3ccc(NC(=O)Nc4cc(C(C)(C)C)on4)cc3)c2c1. The second-order valence-electron chi connectivity index (χ2n) is 8.09. The summed E-state index contributed by atoms with van der Waals surface area (Å²) in [5, 5.41) is 10.0. The van der Waals surface area contributed by atoms with Crippen LogP contribution in [0.25, 0.3) is 10.9 Å². The predicted molar refractivity (Wildman–Crippen MR) is 120 cm³/mol. The third-order valence-corrected chi connectivity index (χ3v) is 4.62. The van der Waals surface area contributed by atoms with Crippen LogP contribution in [0.3, 0.4) is 0 Å². The molecule has 4 rings (SSSR count). The van der Waals surface area contributed by atoms with Gasteiger partial charge in [0.15, 0.2) is 5.82 Å². The van der Waals surface area contributed by atoms with E-state index in [2.05, 4.69) is 25.8 Å². The average Bonchev–Trinajstić information content (AvgIpc) is 3.24. The largest absolute Gasteiger partial charge is 0.497 e. The third-order valence-electron chi connectivity index (χ3n) is 4.62. The van der Waals surface area contributed by atoms with E-state index in [-0.39, 0.29) is 5.41 Å². The summed E-state index contributed by atoms with van der Waals surface area (Å²) in [4.78, 5) is 20.7. The minimum absolute atomic E-state index is 0.195. The Bertz CT molecular complexity index is 1250. The molecule has 0 saturated heterocycles. The van der Waals surface area contributed by atoms with E-state index in [0.717, 1.165) is 10.9 Å². The van der Waals surface area contributed by atoms with Crippen LogP contribution in [0.1, 0.15) is 26.5 Å². The van der Waals surface area contributed by atoms with Gasteiger partial charge in [0.25, 0.3) is 0 Å². The van der Waals surface area contributed by atoms with Crippen LogP contribution in [-0.2, 0) is 5.41 Å². The van der Waals surface area contributed by atoms with Gasteiger partial charge >= 0.3 is 6.03 Å². The molecular formula is C23H23N5O4. The molecule has 2 aromatic carbocycles. The Balaban J connectivity index is 1.42. The fourth-order valence-corrected chi connectivity index (χ4v) is 2.90. The molecule has 0 aliphatic carbocycles. The first-order valence-corrected chi connectivity index (χ1v) is 9.94. The van der Waals surface area contributed by atoms with Gasteiger partial charge in [-0.05, 0) is 42.5 Å². The number of hydrogen-bond acceptors (Lipinski definition) is 7. The normalized spacial score (nSPS) is 11.2. The van der Waals surface area contributed by atoms with Crippen molar-refractivity contribution in [2.75, 3.05) is 17.7 Å². The van der Waals surface area contributed by atoms with Crippen LogP contribution in [0, 0.1) is 0 Å². The maximum Gasteiger partial charge on any atom is 0.324 e. The number of anilines is 2. The zero-order chi connectivity index (χ0) is 22.7. The zero-order valence-corrected chi connectivity index (χ0v) is 18.2. The Morgan fingerprint density at radius 3 is 2.41 bits per heavy atom. The monoisotopic (exact) mass is 433 g/mol. The first-order chi connectivity index (χ1) is 15.3. The topological polar surface area (TPSA) is 111 Å². The van der Waals surface area contributed by atoms with Crippen molar-refractivity contribution in [3.63, 3.8) is 0 Å². The highest BCUT2D eigenvalue weighted by molar-refractivity contribution is 5.99. The number of ether oxygens (including phenoxy) is 2. The van der Waals surface area contributed by atoms with Crippen molar-refractivity contribution in [1.82, 2.24) is 15.1 Å². The van der Waals surface area contributed by atoms with Gasteiger partial charge < -0.3 is 19.3 Å².